The van der Waals surface area contributed by atoms with Gasteiger partial charge in [0.1, 0.15) is 5.82 Å². The fourth-order valence-corrected chi connectivity index (χ4v) is 1.25. The molecular formula is C12H10F3NO3. The van der Waals surface area contributed by atoms with Crippen LogP contribution in [0.2, 0.25) is 0 Å². The second-order valence-electron chi connectivity index (χ2n) is 3.51. The van der Waals surface area contributed by atoms with Crippen molar-refractivity contribution in [1.29, 1.82) is 0 Å². The van der Waals surface area contributed by atoms with Gasteiger partial charge in [-0.3, -0.25) is 4.79 Å². The molecule has 0 spiro atoms. The number of hydrogen-bond donors (Lipinski definition) is 2. The minimum Gasteiger partial charge on any atom is -0.478 e. The molecular weight excluding hydrogens is 263 g/mol. The molecule has 0 saturated heterocycles. The number of carboxylic acid groups (broad SMARTS) is 1. The average Bonchev–Trinajstić information content (AvgIpc) is 2.33. The summed E-state index contributed by atoms with van der Waals surface area (Å²) >= 11 is 0. The first-order valence-corrected chi connectivity index (χ1v) is 5.17. The lowest BCUT2D eigenvalue weighted by atomic mass is 10.1. The molecule has 0 bridgehead atoms. The fourth-order valence-electron chi connectivity index (χ4n) is 1.25. The lowest BCUT2D eigenvalue weighted by Gasteiger charge is -2.06. The van der Waals surface area contributed by atoms with Crippen molar-refractivity contribution < 1.29 is 27.9 Å². The van der Waals surface area contributed by atoms with Crippen LogP contribution in [-0.2, 0) is 4.79 Å². The van der Waals surface area contributed by atoms with Gasteiger partial charge < -0.3 is 10.4 Å². The van der Waals surface area contributed by atoms with E-state index in [1.165, 1.54) is 6.07 Å². The molecule has 0 unspecified atom stereocenters. The number of halogens is 3. The van der Waals surface area contributed by atoms with Gasteiger partial charge in [-0.25, -0.2) is 18.0 Å². The van der Waals surface area contributed by atoms with Crippen LogP contribution in [0.15, 0.2) is 24.3 Å². The van der Waals surface area contributed by atoms with Crippen LogP contribution in [0, 0.1) is 5.82 Å². The molecule has 2 N–H and O–H groups in total. The van der Waals surface area contributed by atoms with Gasteiger partial charge in [-0.1, -0.05) is 6.07 Å². The first-order chi connectivity index (χ1) is 8.90. The second kappa shape index (κ2) is 6.58. The summed E-state index contributed by atoms with van der Waals surface area (Å²) in [5.74, 6) is -3.06. The Balaban J connectivity index is 2.82. The highest BCUT2D eigenvalue weighted by Crippen LogP contribution is 2.12. The van der Waals surface area contributed by atoms with Crippen molar-refractivity contribution in [3.05, 3.63) is 41.2 Å². The highest BCUT2D eigenvalue weighted by molar-refractivity contribution is 5.94. The summed E-state index contributed by atoms with van der Waals surface area (Å²) in [5, 5.41) is 10.3. The Morgan fingerprint density at radius 2 is 2.05 bits per heavy atom. The van der Waals surface area contributed by atoms with Crippen LogP contribution < -0.4 is 5.32 Å². The number of carbonyl (C=O) groups excluding carboxylic acids is 1. The van der Waals surface area contributed by atoms with E-state index in [2.05, 4.69) is 0 Å². The fraction of sp³-hybridized carbons (Fsp3) is 0.167. The number of amides is 1. The maximum absolute atomic E-state index is 13.5. The number of nitrogens with one attached hydrogen (secondary N) is 1. The summed E-state index contributed by atoms with van der Waals surface area (Å²) in [6.07, 6.45) is -0.762. The van der Waals surface area contributed by atoms with Crippen LogP contribution in [-0.4, -0.2) is 30.0 Å². The number of aliphatic carboxylic acids is 1. The molecule has 0 atom stereocenters. The predicted molar refractivity (Wildman–Crippen MR) is 61.4 cm³/mol. The zero-order chi connectivity index (χ0) is 14.4. The molecule has 1 rings (SSSR count). The van der Waals surface area contributed by atoms with Crippen LogP contribution >= 0.6 is 0 Å². The number of hydrogen-bond acceptors (Lipinski definition) is 2. The molecule has 0 aliphatic carbocycles. The van der Waals surface area contributed by atoms with E-state index in [1.54, 1.807) is 0 Å². The summed E-state index contributed by atoms with van der Waals surface area (Å²) in [5.41, 5.74) is -0.140. The van der Waals surface area contributed by atoms with Gasteiger partial charge in [0.15, 0.2) is 0 Å². The van der Waals surface area contributed by atoms with E-state index in [0.29, 0.717) is 0 Å². The molecule has 4 nitrogen and oxygen atoms in total. The maximum Gasteiger partial charge on any atom is 0.328 e. The van der Waals surface area contributed by atoms with Gasteiger partial charge in [0.05, 0.1) is 12.1 Å². The lowest BCUT2D eigenvalue weighted by Crippen LogP contribution is -2.29. The summed E-state index contributed by atoms with van der Waals surface area (Å²) in [7, 11) is 0. The van der Waals surface area contributed by atoms with E-state index in [4.69, 9.17) is 5.11 Å². The summed E-state index contributed by atoms with van der Waals surface area (Å²) in [4.78, 5) is 21.6. The molecule has 102 valence electrons. The van der Waals surface area contributed by atoms with Crippen molar-refractivity contribution in [2.75, 3.05) is 6.54 Å². The van der Waals surface area contributed by atoms with Crippen molar-refractivity contribution in [3.8, 4) is 0 Å². The number of carboxylic acids is 1. The number of carbonyl (C=O) groups is 2. The van der Waals surface area contributed by atoms with Gasteiger partial charge in [-0.15, -0.1) is 0 Å². The zero-order valence-electron chi connectivity index (χ0n) is 9.57. The molecule has 0 radical (unpaired) electrons. The Labute approximate surface area is 106 Å². The highest BCUT2D eigenvalue weighted by Gasteiger charge is 2.13. The van der Waals surface area contributed by atoms with E-state index >= 15 is 0 Å². The molecule has 0 saturated carbocycles. The van der Waals surface area contributed by atoms with Gasteiger partial charge in [0.25, 0.3) is 12.3 Å². The SMILES string of the molecule is O=C(O)/C=C/c1ccc(C(=O)NCC(F)F)c(F)c1. The molecule has 0 heterocycles. The quantitative estimate of drug-likeness (QED) is 0.805. The van der Waals surface area contributed by atoms with E-state index in [0.717, 1.165) is 24.3 Å². The van der Waals surface area contributed by atoms with E-state index in [1.807, 2.05) is 5.32 Å². The summed E-state index contributed by atoms with van der Waals surface area (Å²) < 4.78 is 37.3. The third-order valence-electron chi connectivity index (χ3n) is 2.07. The van der Waals surface area contributed by atoms with Crippen molar-refractivity contribution in [2.45, 2.75) is 6.43 Å². The van der Waals surface area contributed by atoms with Crippen LogP contribution in [0.5, 0.6) is 0 Å². The lowest BCUT2D eigenvalue weighted by molar-refractivity contribution is -0.131. The number of benzene rings is 1. The van der Waals surface area contributed by atoms with Crippen LogP contribution in [0.4, 0.5) is 13.2 Å². The summed E-state index contributed by atoms with van der Waals surface area (Å²) in [6.45, 7) is -0.862. The van der Waals surface area contributed by atoms with Crippen LogP contribution in [0.1, 0.15) is 15.9 Å². The van der Waals surface area contributed by atoms with Gasteiger partial charge in [0.2, 0.25) is 0 Å². The molecule has 1 aromatic rings. The third kappa shape index (κ3) is 4.82. The van der Waals surface area contributed by atoms with Gasteiger partial charge in [-0.05, 0) is 23.8 Å². The monoisotopic (exact) mass is 273 g/mol. The molecule has 1 amide bonds. The smallest absolute Gasteiger partial charge is 0.328 e. The maximum atomic E-state index is 13.5. The highest BCUT2D eigenvalue weighted by atomic mass is 19.3. The van der Waals surface area contributed by atoms with Crippen molar-refractivity contribution >= 4 is 18.0 Å². The molecule has 0 fully saturated rings. The van der Waals surface area contributed by atoms with E-state index in [-0.39, 0.29) is 11.1 Å². The first kappa shape index (κ1) is 14.7. The Morgan fingerprint density at radius 1 is 1.37 bits per heavy atom. The zero-order valence-corrected chi connectivity index (χ0v) is 9.57. The molecule has 7 heteroatoms. The topological polar surface area (TPSA) is 66.4 Å². The molecule has 0 aliphatic rings. The number of alkyl halides is 2. The van der Waals surface area contributed by atoms with Gasteiger partial charge in [0, 0.05) is 6.08 Å². The molecule has 19 heavy (non-hydrogen) atoms. The number of rotatable bonds is 5. The Hall–Kier alpha value is -2.31. The van der Waals surface area contributed by atoms with Crippen molar-refractivity contribution in [3.63, 3.8) is 0 Å². The minimum atomic E-state index is -2.72. The minimum absolute atomic E-state index is 0.241. The summed E-state index contributed by atoms with van der Waals surface area (Å²) in [6, 6.07) is 3.34. The van der Waals surface area contributed by atoms with Crippen LogP contribution in [0.25, 0.3) is 6.08 Å². The normalized spacial score (nSPS) is 10.9. The second-order valence-corrected chi connectivity index (χ2v) is 3.51. The molecule has 1 aromatic carbocycles. The van der Waals surface area contributed by atoms with Crippen molar-refractivity contribution in [1.82, 2.24) is 5.32 Å². The Bertz CT molecular complexity index is 515. The van der Waals surface area contributed by atoms with Crippen molar-refractivity contribution in [2.24, 2.45) is 0 Å². The third-order valence-corrected chi connectivity index (χ3v) is 2.07. The molecule has 0 aliphatic heterocycles. The predicted octanol–water partition coefficient (Wildman–Crippen LogP) is 1.92. The van der Waals surface area contributed by atoms with Gasteiger partial charge >= 0.3 is 5.97 Å². The largest absolute Gasteiger partial charge is 0.478 e. The Kier molecular flexibility index (Phi) is 5.11. The van der Waals surface area contributed by atoms with E-state index < -0.39 is 30.7 Å². The molecule has 0 aromatic heterocycles. The standard InChI is InChI=1S/C12H10F3NO3/c13-9-5-7(2-4-11(17)18)1-3-8(9)12(19)16-6-10(14)15/h1-5,10H,6H2,(H,16,19)(H,17,18)/b4-2+. The van der Waals surface area contributed by atoms with Gasteiger partial charge in [-0.2, -0.15) is 0 Å². The van der Waals surface area contributed by atoms with Crippen LogP contribution in [0.3, 0.4) is 0 Å². The van der Waals surface area contributed by atoms with E-state index in [9.17, 15) is 22.8 Å². The Morgan fingerprint density at radius 3 is 2.58 bits per heavy atom. The average molecular weight is 273 g/mol. The first-order valence-electron chi connectivity index (χ1n) is 5.17.